The van der Waals surface area contributed by atoms with Gasteiger partial charge in [0.05, 0.1) is 137 Å². The van der Waals surface area contributed by atoms with Crippen molar-refractivity contribution in [1.29, 1.82) is 0 Å². The zero-order valence-corrected chi connectivity index (χ0v) is 79.4. The zero-order valence-electron chi connectivity index (χ0n) is 77.5. The van der Waals surface area contributed by atoms with Gasteiger partial charge >= 0.3 is 0 Å². The van der Waals surface area contributed by atoms with E-state index in [-0.39, 0.29) is 34.1 Å². The SMILES string of the molecule is C1=Cc2cc3ccc(cc4nc(cc5ccc(cc1n2)[nH]5)C=C4)[nH]3.C1=Cc2cc3ccc(cc4nc(cc5ccc(cc1n2)[nH]5)C=C4)[nH]3.C1=Cc2cc3ccc(cc4nc(cc5ccc(cc1n2)[nH]5)C=C4)[nH]3.C1=Cc2cc3ccc(cc4nc(cc5ccc(cc1n2)[nH]5)C=C4)[nH]3.C1=Cc2cc3ccc(cc4nc(cc5ccc(cc1n2)[nH]5)C=C4)[nH]3.C1=Cc2cc3ccc(cc4nc(cc5ccc(cc1n2)[nH]5)C=C4)[nH]3.[Cu].[Cu]. The zero-order chi connectivity index (χ0) is 95.6. The van der Waals surface area contributed by atoms with Crippen molar-refractivity contribution in [3.8, 4) is 0 Å². The molecule has 0 spiro atoms. The van der Waals surface area contributed by atoms with Gasteiger partial charge in [0.15, 0.2) is 0 Å². The molecule has 0 amide bonds. The predicted octanol–water partition coefficient (Wildman–Crippen LogP) is 27.9. The normalized spacial score (nSPS) is 12.5. The van der Waals surface area contributed by atoms with E-state index in [1.807, 2.05) is 291 Å². The summed E-state index contributed by atoms with van der Waals surface area (Å²) in [4.78, 5) is 96.1. The Bertz CT molecular complexity index is 7370. The molecule has 0 atom stereocenters. The molecule has 0 aliphatic carbocycles. The second-order valence-corrected chi connectivity index (χ2v) is 35.4. The number of nitrogens with zero attached hydrogens (tertiary/aromatic N) is 12. The Labute approximate surface area is 853 Å². The van der Waals surface area contributed by atoms with Gasteiger partial charge in [-0.2, -0.15) is 0 Å². The van der Waals surface area contributed by atoms with Gasteiger partial charge in [-0.3, -0.25) is 0 Å². The summed E-state index contributed by atoms with van der Waals surface area (Å²) < 4.78 is 0. The van der Waals surface area contributed by atoms with Crippen molar-refractivity contribution in [2.75, 3.05) is 0 Å². The number of nitrogens with one attached hydrogen (secondary N) is 12. The molecule has 146 heavy (non-hydrogen) atoms. The molecule has 0 saturated heterocycles. The van der Waals surface area contributed by atoms with Gasteiger partial charge in [-0.15, -0.1) is 0 Å². The van der Waals surface area contributed by atoms with Crippen LogP contribution in [0, 0.1) is 0 Å². The van der Waals surface area contributed by atoms with Crippen molar-refractivity contribution in [1.82, 2.24) is 120 Å². The van der Waals surface area contributed by atoms with Crippen LogP contribution >= 0.6 is 0 Å². The molecule has 0 aromatic carbocycles. The summed E-state index contributed by atoms with van der Waals surface area (Å²) in [5.74, 6) is 0. The van der Waals surface area contributed by atoms with E-state index in [0.29, 0.717) is 0 Å². The van der Waals surface area contributed by atoms with Crippen molar-refractivity contribution < 1.29 is 34.1 Å². The van der Waals surface area contributed by atoms with Gasteiger partial charge in [0.25, 0.3) is 0 Å². The third-order valence-corrected chi connectivity index (χ3v) is 24.3. The van der Waals surface area contributed by atoms with Gasteiger partial charge in [0, 0.05) is 167 Å². The standard InChI is InChI=1S/6C20H14N4.2Cu/c6*1-2-14-10-16-5-6-18(23-16)12-20-8-7-19(24-20)11-17-4-3-15(22-17)9-13(1)21-14;;/h6*1-12,21,24H;;. The van der Waals surface area contributed by atoms with Gasteiger partial charge in [0.1, 0.15) is 0 Å². The number of aromatic nitrogens is 24. The Morgan fingerprint density at radius 2 is 0.130 bits per heavy atom. The monoisotopic (exact) mass is 1990 g/mol. The average molecular weight is 1990 g/mol. The van der Waals surface area contributed by atoms with Crippen molar-refractivity contribution in [3.05, 3.63) is 428 Å². The number of hydrogen-bond acceptors (Lipinski definition) is 12. The van der Waals surface area contributed by atoms with E-state index >= 15 is 0 Å². The summed E-state index contributed by atoms with van der Waals surface area (Å²) in [6.07, 6.45) is 48.5. The molecule has 2 radical (unpaired) electrons. The summed E-state index contributed by atoms with van der Waals surface area (Å²) in [7, 11) is 0. The van der Waals surface area contributed by atoms with E-state index in [1.54, 1.807) is 0 Å². The van der Waals surface area contributed by atoms with Crippen LogP contribution in [0.5, 0.6) is 0 Å². The molecule has 12 N–H and O–H groups in total. The van der Waals surface area contributed by atoms with E-state index in [1.165, 1.54) is 0 Å². The predicted molar refractivity (Wildman–Crippen MR) is 593 cm³/mol. The van der Waals surface area contributed by atoms with Crippen molar-refractivity contribution in [3.63, 3.8) is 0 Å². The van der Waals surface area contributed by atoms with Crippen LogP contribution in [-0.4, -0.2) is 120 Å². The van der Waals surface area contributed by atoms with E-state index < -0.39 is 0 Å². The first kappa shape index (κ1) is 90.5. The Hall–Kier alpha value is -19.4. The summed E-state index contributed by atoms with van der Waals surface area (Å²) in [6, 6.07) is 98.2. The molecule has 18 aromatic rings. The molecule has 706 valence electrons. The molecule has 12 aliphatic rings. The Kier molecular flexibility index (Phi) is 24.8. The van der Waals surface area contributed by atoms with Gasteiger partial charge in [-0.25, -0.2) is 59.8 Å². The minimum absolute atomic E-state index is 0. The fourth-order valence-electron chi connectivity index (χ4n) is 17.7. The van der Waals surface area contributed by atoms with Crippen LogP contribution in [0.2, 0.25) is 0 Å². The van der Waals surface area contributed by atoms with Gasteiger partial charge in [0.2, 0.25) is 0 Å². The van der Waals surface area contributed by atoms with Crippen LogP contribution in [-0.2, 0) is 34.1 Å². The Balaban J connectivity index is 0.0000000964. The first-order chi connectivity index (χ1) is 70.8. The molecule has 0 fully saturated rings. The smallest absolute Gasteiger partial charge is 0.0658 e. The molecule has 18 aromatic heterocycles. The quantitative estimate of drug-likeness (QED) is 0.0631. The van der Waals surface area contributed by atoms with Crippen molar-refractivity contribution >= 4 is 278 Å². The molecule has 0 unspecified atom stereocenters. The minimum Gasteiger partial charge on any atom is -0.355 e. The fourth-order valence-corrected chi connectivity index (χ4v) is 17.7. The molecule has 26 heteroatoms. The number of hydrogen-bond donors (Lipinski definition) is 12. The molecular weight excluding hydrogens is 1900 g/mol. The molecular formula is C120H84Cu2N24. The van der Waals surface area contributed by atoms with Gasteiger partial charge < -0.3 is 59.8 Å². The maximum atomic E-state index is 4.63. The van der Waals surface area contributed by atoms with Gasteiger partial charge in [-0.05, 0) is 437 Å². The van der Waals surface area contributed by atoms with E-state index in [0.717, 1.165) is 269 Å². The number of aromatic amines is 12. The third kappa shape index (κ3) is 22.2. The first-order valence-corrected chi connectivity index (χ1v) is 47.1. The summed E-state index contributed by atoms with van der Waals surface area (Å²) in [6.45, 7) is 0. The van der Waals surface area contributed by atoms with E-state index in [4.69, 9.17) is 0 Å². The van der Waals surface area contributed by atoms with Crippen LogP contribution in [0.15, 0.2) is 291 Å². The van der Waals surface area contributed by atoms with Crippen molar-refractivity contribution in [2.45, 2.75) is 0 Å². The number of H-pyrrole nitrogens is 12. The molecule has 48 bridgehead atoms. The summed E-state index contributed by atoms with van der Waals surface area (Å²) >= 11 is 0. The van der Waals surface area contributed by atoms with Crippen LogP contribution in [0.25, 0.3) is 278 Å². The summed E-state index contributed by atoms with van der Waals surface area (Å²) in [5, 5.41) is 0. The summed E-state index contributed by atoms with van der Waals surface area (Å²) in [5.41, 5.74) is 47.2. The Morgan fingerprint density at radius 3 is 0.178 bits per heavy atom. The second kappa shape index (κ2) is 40.1. The third-order valence-electron chi connectivity index (χ3n) is 24.3. The van der Waals surface area contributed by atoms with E-state index in [9.17, 15) is 0 Å². The molecule has 30 rings (SSSR count). The Morgan fingerprint density at radius 1 is 0.0822 bits per heavy atom. The molecule has 24 nitrogen and oxygen atoms in total. The maximum Gasteiger partial charge on any atom is 0.0658 e. The first-order valence-electron chi connectivity index (χ1n) is 47.1. The number of rotatable bonds is 0. The topological polar surface area (TPSA) is 344 Å². The van der Waals surface area contributed by atoms with Crippen LogP contribution < -0.4 is 0 Å². The van der Waals surface area contributed by atoms with Gasteiger partial charge in [-0.1, -0.05) is 0 Å². The van der Waals surface area contributed by atoms with Crippen molar-refractivity contribution in [2.24, 2.45) is 0 Å². The van der Waals surface area contributed by atoms with Crippen LogP contribution in [0.4, 0.5) is 0 Å². The maximum absolute atomic E-state index is 4.63. The van der Waals surface area contributed by atoms with E-state index in [2.05, 4.69) is 265 Å². The molecule has 12 aliphatic heterocycles. The van der Waals surface area contributed by atoms with Crippen LogP contribution in [0.3, 0.4) is 0 Å². The largest absolute Gasteiger partial charge is 0.355 e. The fraction of sp³-hybridized carbons (Fsp3) is 0. The average Bonchev–Trinajstić information content (AvgIpc) is 1.71. The molecule has 30 heterocycles. The molecule has 0 saturated carbocycles. The van der Waals surface area contributed by atoms with Crippen LogP contribution in [0.1, 0.15) is 137 Å². The minimum atomic E-state index is 0. The second-order valence-electron chi connectivity index (χ2n) is 35.4. The number of fused-ring (bicyclic) bond motifs is 48.